The summed E-state index contributed by atoms with van der Waals surface area (Å²) in [5.41, 5.74) is 1.14. The maximum absolute atomic E-state index is 13.3. The summed E-state index contributed by atoms with van der Waals surface area (Å²) in [5.74, 6) is 0.932. The molecule has 3 rings (SSSR count). The van der Waals surface area contributed by atoms with Gasteiger partial charge in [0.15, 0.2) is 0 Å². The largest absolute Gasteiger partial charge is 0.341 e. The zero-order valence-corrected chi connectivity index (χ0v) is 16.7. The van der Waals surface area contributed by atoms with Gasteiger partial charge in [-0.2, -0.15) is 0 Å². The third-order valence-electron chi connectivity index (χ3n) is 6.14. The number of unbranched alkanes of at least 4 members (excludes halogenated alkanes) is 2. The number of nitrogens with zero attached hydrogens (tertiary/aromatic N) is 2. The van der Waals surface area contributed by atoms with Gasteiger partial charge in [0.2, 0.25) is 5.91 Å². The first-order chi connectivity index (χ1) is 13.0. The van der Waals surface area contributed by atoms with Crippen molar-refractivity contribution < 1.29 is 9.59 Å². The molecule has 0 aliphatic carbocycles. The lowest BCUT2D eigenvalue weighted by atomic mass is 9.82. The first kappa shape index (κ1) is 19.8. The quantitative estimate of drug-likeness (QED) is 0.658. The number of carbonyl (C=O) groups excluding carboxylic acids is 2. The van der Waals surface area contributed by atoms with Crippen molar-refractivity contribution in [2.45, 2.75) is 71.3 Å². The number of carbonyl (C=O) groups is 2. The second-order valence-electron chi connectivity index (χ2n) is 8.37. The molecule has 5 nitrogen and oxygen atoms in total. The van der Waals surface area contributed by atoms with E-state index in [1.54, 1.807) is 13.0 Å². The van der Waals surface area contributed by atoms with E-state index in [9.17, 15) is 14.4 Å². The van der Waals surface area contributed by atoms with Gasteiger partial charge in [0.25, 0.3) is 5.56 Å². The molecule has 148 valence electrons. The molecule has 0 aromatic carbocycles. The Morgan fingerprint density at radius 3 is 2.70 bits per heavy atom. The second kappa shape index (κ2) is 8.85. The lowest BCUT2D eigenvalue weighted by Crippen LogP contribution is -2.50. The van der Waals surface area contributed by atoms with Crippen molar-refractivity contribution in [1.29, 1.82) is 0 Å². The number of hydrogen-bond donors (Lipinski definition) is 0. The minimum atomic E-state index is -0.0442. The van der Waals surface area contributed by atoms with Crippen LogP contribution < -0.4 is 5.56 Å². The van der Waals surface area contributed by atoms with Gasteiger partial charge in [-0.15, -0.1) is 0 Å². The fraction of sp³-hybridized carbons (Fsp3) is 0.682. The van der Waals surface area contributed by atoms with Crippen LogP contribution in [0.4, 0.5) is 0 Å². The van der Waals surface area contributed by atoms with Crippen LogP contribution >= 0.6 is 0 Å². The van der Waals surface area contributed by atoms with Gasteiger partial charge in [-0.1, -0.05) is 32.3 Å². The monoisotopic (exact) mass is 372 g/mol. The summed E-state index contributed by atoms with van der Waals surface area (Å²) in [6, 6.07) is 5.49. The molecule has 2 aliphatic heterocycles. The molecule has 0 spiro atoms. The zero-order chi connectivity index (χ0) is 19.4. The summed E-state index contributed by atoms with van der Waals surface area (Å²) in [7, 11) is 0. The topological polar surface area (TPSA) is 59.4 Å². The Morgan fingerprint density at radius 1 is 1.15 bits per heavy atom. The van der Waals surface area contributed by atoms with Crippen LogP contribution in [-0.4, -0.2) is 34.2 Å². The number of fused-ring (bicyclic) bond motifs is 4. The molecule has 1 unspecified atom stereocenters. The van der Waals surface area contributed by atoms with Crippen LogP contribution in [0.5, 0.6) is 0 Å². The average Bonchev–Trinajstić information content (AvgIpc) is 2.64. The highest BCUT2D eigenvalue weighted by Crippen LogP contribution is 2.36. The first-order valence-electron chi connectivity index (χ1n) is 10.5. The number of likely N-dealkylation sites (tertiary alicyclic amines) is 1. The molecular weight excluding hydrogens is 340 g/mol. The summed E-state index contributed by atoms with van der Waals surface area (Å²) in [6.45, 7) is 5.91. The Bertz CT molecular complexity index is 739. The fourth-order valence-electron chi connectivity index (χ4n) is 4.74. The lowest BCUT2D eigenvalue weighted by molar-refractivity contribution is -0.139. The van der Waals surface area contributed by atoms with E-state index in [4.69, 9.17) is 0 Å². The van der Waals surface area contributed by atoms with Crippen molar-refractivity contribution in [3.05, 3.63) is 34.2 Å². The molecule has 1 fully saturated rings. The molecular formula is C22H32N2O3. The average molecular weight is 373 g/mol. The predicted molar refractivity (Wildman–Crippen MR) is 106 cm³/mol. The number of rotatable bonds is 8. The van der Waals surface area contributed by atoms with Gasteiger partial charge < -0.3 is 14.3 Å². The number of aromatic nitrogens is 1. The van der Waals surface area contributed by atoms with Crippen molar-refractivity contribution >= 4 is 11.7 Å². The third kappa shape index (κ3) is 4.69. The van der Waals surface area contributed by atoms with Crippen LogP contribution in [0, 0.1) is 11.8 Å². The number of ketones is 1. The SMILES string of the molecule is CCCCCC(CCC(C)=O)C(=O)N1C[C@H]2C[C@@H](C1)c1cccc(=O)n1C2. The smallest absolute Gasteiger partial charge is 0.250 e. The van der Waals surface area contributed by atoms with E-state index in [0.29, 0.717) is 31.8 Å². The number of amides is 1. The maximum atomic E-state index is 13.3. The van der Waals surface area contributed by atoms with Crippen LogP contribution in [0.25, 0.3) is 0 Å². The molecule has 0 radical (unpaired) electrons. The number of piperidine rings is 1. The van der Waals surface area contributed by atoms with Gasteiger partial charge >= 0.3 is 0 Å². The standard InChI is InChI=1S/C22H32N2O3/c1-3-4-5-7-18(11-10-16(2)25)22(27)23-13-17-12-19(15-23)20-8-6-9-21(26)24(20)14-17/h6,8-9,17-19H,3-5,7,10-15H2,1-2H3/t17-,18?,19+/m1/s1. The molecule has 3 atom stereocenters. The van der Waals surface area contributed by atoms with Crippen LogP contribution in [0.2, 0.25) is 0 Å². The Labute approximate surface area is 161 Å². The molecule has 1 amide bonds. The molecule has 2 bridgehead atoms. The highest BCUT2D eigenvalue weighted by atomic mass is 16.2. The van der Waals surface area contributed by atoms with E-state index >= 15 is 0 Å². The first-order valence-corrected chi connectivity index (χ1v) is 10.5. The van der Waals surface area contributed by atoms with E-state index in [-0.39, 0.29) is 29.1 Å². The van der Waals surface area contributed by atoms with Crippen molar-refractivity contribution in [2.75, 3.05) is 13.1 Å². The molecule has 1 saturated heterocycles. The summed E-state index contributed by atoms with van der Waals surface area (Å²) < 4.78 is 1.90. The van der Waals surface area contributed by atoms with Gasteiger partial charge in [-0.05, 0) is 38.2 Å². The molecule has 5 heteroatoms. The molecule has 0 saturated carbocycles. The molecule has 0 N–H and O–H groups in total. The van der Waals surface area contributed by atoms with E-state index in [1.807, 2.05) is 21.6 Å². The molecule has 3 heterocycles. The Morgan fingerprint density at radius 2 is 1.96 bits per heavy atom. The minimum absolute atomic E-state index is 0.0442. The van der Waals surface area contributed by atoms with Gasteiger partial charge in [-0.25, -0.2) is 0 Å². The van der Waals surface area contributed by atoms with Gasteiger partial charge in [0.05, 0.1) is 0 Å². The van der Waals surface area contributed by atoms with Crippen LogP contribution in [-0.2, 0) is 16.1 Å². The zero-order valence-electron chi connectivity index (χ0n) is 16.7. The Kier molecular flexibility index (Phi) is 6.51. The maximum Gasteiger partial charge on any atom is 0.250 e. The molecule has 1 aromatic rings. The van der Waals surface area contributed by atoms with Crippen molar-refractivity contribution in [2.24, 2.45) is 11.8 Å². The van der Waals surface area contributed by atoms with Crippen LogP contribution in [0.1, 0.15) is 70.4 Å². The second-order valence-corrected chi connectivity index (χ2v) is 8.37. The third-order valence-corrected chi connectivity index (χ3v) is 6.14. The van der Waals surface area contributed by atoms with Crippen molar-refractivity contribution in [3.8, 4) is 0 Å². The summed E-state index contributed by atoms with van der Waals surface area (Å²) >= 11 is 0. The Hall–Kier alpha value is -1.91. The van der Waals surface area contributed by atoms with Crippen LogP contribution in [0.3, 0.4) is 0 Å². The molecule has 27 heavy (non-hydrogen) atoms. The minimum Gasteiger partial charge on any atom is -0.341 e. The predicted octanol–water partition coefficient (Wildman–Crippen LogP) is 3.36. The van der Waals surface area contributed by atoms with E-state index < -0.39 is 0 Å². The van der Waals surface area contributed by atoms with Gasteiger partial charge in [-0.3, -0.25) is 9.59 Å². The highest BCUT2D eigenvalue weighted by molar-refractivity contribution is 5.81. The highest BCUT2D eigenvalue weighted by Gasteiger charge is 2.37. The summed E-state index contributed by atoms with van der Waals surface area (Å²) in [5, 5.41) is 0. The Balaban J connectivity index is 1.72. The van der Waals surface area contributed by atoms with E-state index in [2.05, 4.69) is 6.92 Å². The molecule has 1 aromatic heterocycles. The number of Topliss-reactive ketones (excluding diaryl/α,β-unsaturated/α-hetero) is 1. The summed E-state index contributed by atoms with van der Waals surface area (Å²) in [6.07, 6.45) is 6.40. The van der Waals surface area contributed by atoms with E-state index in [1.165, 1.54) is 0 Å². The normalized spacial score (nSPS) is 22.2. The van der Waals surface area contributed by atoms with Crippen LogP contribution in [0.15, 0.2) is 23.0 Å². The number of pyridine rings is 1. The van der Waals surface area contributed by atoms with E-state index in [0.717, 1.165) is 44.3 Å². The van der Waals surface area contributed by atoms with Crippen molar-refractivity contribution in [3.63, 3.8) is 0 Å². The number of hydrogen-bond acceptors (Lipinski definition) is 3. The lowest BCUT2D eigenvalue weighted by Gasteiger charge is -2.43. The van der Waals surface area contributed by atoms with Crippen molar-refractivity contribution in [1.82, 2.24) is 9.47 Å². The molecule has 2 aliphatic rings. The summed E-state index contributed by atoms with van der Waals surface area (Å²) in [4.78, 5) is 38.9. The van der Waals surface area contributed by atoms with Gasteiger partial charge in [0, 0.05) is 49.7 Å². The fourth-order valence-corrected chi connectivity index (χ4v) is 4.74. The van der Waals surface area contributed by atoms with Gasteiger partial charge in [0.1, 0.15) is 5.78 Å².